The number of hydrogen-bond acceptors (Lipinski definition) is 3. The summed E-state index contributed by atoms with van der Waals surface area (Å²) in [7, 11) is 0. The van der Waals surface area contributed by atoms with E-state index in [9.17, 15) is 13.9 Å². The number of halogens is 3. The highest BCUT2D eigenvalue weighted by Crippen LogP contribution is 2.57. The quantitative estimate of drug-likeness (QED) is 0.0685. The Morgan fingerprint density at radius 3 is 2.69 bits per heavy atom. The van der Waals surface area contributed by atoms with Crippen molar-refractivity contribution in [3.63, 3.8) is 0 Å². The number of unbranched alkanes of at least 4 members (excludes halogenated alkanes) is 3. The van der Waals surface area contributed by atoms with Gasteiger partial charge in [-0.2, -0.15) is 8.78 Å². The molecule has 1 fully saturated rings. The van der Waals surface area contributed by atoms with E-state index >= 15 is 0 Å². The molecular formula is C27H38F2IN3O2. The molecule has 0 unspecified atom stereocenters. The third-order valence-electron chi connectivity index (χ3n) is 8.06. The van der Waals surface area contributed by atoms with E-state index in [1.807, 2.05) is 6.07 Å². The molecule has 1 aromatic carbocycles. The highest BCUT2D eigenvalue weighted by atomic mass is 127. The molecule has 2 aliphatic rings. The van der Waals surface area contributed by atoms with Crippen LogP contribution in [0.1, 0.15) is 102 Å². The van der Waals surface area contributed by atoms with Gasteiger partial charge in [0, 0.05) is 28.9 Å². The van der Waals surface area contributed by atoms with E-state index in [0.717, 1.165) is 54.9 Å². The second-order valence-corrected chi connectivity index (χ2v) is 12.0. The van der Waals surface area contributed by atoms with E-state index in [1.54, 1.807) is 0 Å². The molecule has 0 amide bonds. The number of allylic oxidation sites excluding steroid dienone is 1. The average Bonchev–Trinajstić information content (AvgIpc) is 2.81. The molecule has 5 nitrogen and oxygen atoms in total. The number of rotatable bonds is 11. The molecule has 1 aliphatic carbocycles. The Morgan fingerprint density at radius 1 is 1.26 bits per heavy atom. The van der Waals surface area contributed by atoms with Gasteiger partial charge in [0.25, 0.3) is 6.08 Å². The number of phenolic OH excluding ortho intramolecular Hbond substituents is 1. The van der Waals surface area contributed by atoms with Crippen LogP contribution in [0, 0.1) is 5.92 Å². The van der Waals surface area contributed by atoms with Gasteiger partial charge < -0.3 is 9.84 Å². The first-order chi connectivity index (χ1) is 16.6. The van der Waals surface area contributed by atoms with Crippen molar-refractivity contribution in [3.05, 3.63) is 45.4 Å². The lowest BCUT2D eigenvalue weighted by Gasteiger charge is -2.50. The molecule has 1 saturated carbocycles. The SMILES string of the molecule is CC(C)(CCCCCCN=[N+]=[N-])c1cc(O)c2c(c1)O[C@@](C)(CCCI)[C@@H]1CCC(=C(F)F)C[C@@H]21. The van der Waals surface area contributed by atoms with E-state index in [1.165, 1.54) is 0 Å². The summed E-state index contributed by atoms with van der Waals surface area (Å²) in [5.41, 5.74) is 9.72. The average molecular weight is 602 g/mol. The lowest BCUT2D eigenvalue weighted by Crippen LogP contribution is -2.48. The number of alkyl halides is 1. The number of fused-ring (bicyclic) bond motifs is 3. The standard InChI is InChI=1S/C27H38F2IN3O2/c1-26(2,11-6-4-5-7-14-32-33-31)19-16-22(34)24-20-15-18(25(28)29)9-10-21(20)27(3,12-8-13-30)35-23(24)17-19/h16-17,20-21,34H,4-15H2,1-3H3/t20-,21-,27+/m1/s1. The fourth-order valence-corrected chi connectivity index (χ4v) is 6.36. The number of benzene rings is 1. The lowest BCUT2D eigenvalue weighted by atomic mass is 9.63. The number of ether oxygens (including phenoxy) is 1. The van der Waals surface area contributed by atoms with Gasteiger partial charge in [-0.05, 0) is 90.5 Å². The largest absolute Gasteiger partial charge is 0.508 e. The van der Waals surface area contributed by atoms with E-state index in [2.05, 4.69) is 59.5 Å². The summed E-state index contributed by atoms with van der Waals surface area (Å²) in [5, 5.41) is 14.8. The molecule has 3 rings (SSSR count). The van der Waals surface area contributed by atoms with Crippen LogP contribution in [0.25, 0.3) is 10.4 Å². The van der Waals surface area contributed by atoms with Crippen LogP contribution in [0.3, 0.4) is 0 Å². The molecule has 35 heavy (non-hydrogen) atoms. The first kappa shape index (κ1) is 28.0. The molecule has 0 radical (unpaired) electrons. The molecule has 0 bridgehead atoms. The maximum Gasteiger partial charge on any atom is 0.269 e. The zero-order valence-electron chi connectivity index (χ0n) is 21.1. The van der Waals surface area contributed by atoms with Crippen molar-refractivity contribution in [2.24, 2.45) is 11.0 Å². The number of aromatic hydroxyl groups is 1. The minimum atomic E-state index is -1.57. The molecule has 0 saturated heterocycles. The summed E-state index contributed by atoms with van der Waals surface area (Å²) >= 11 is 2.37. The van der Waals surface area contributed by atoms with Crippen LogP contribution < -0.4 is 4.74 Å². The van der Waals surface area contributed by atoms with Crippen LogP contribution >= 0.6 is 22.6 Å². The van der Waals surface area contributed by atoms with E-state index in [4.69, 9.17) is 10.3 Å². The van der Waals surface area contributed by atoms with Crippen molar-refractivity contribution in [2.45, 2.75) is 102 Å². The number of phenols is 1. The molecule has 0 spiro atoms. The van der Waals surface area contributed by atoms with Crippen LogP contribution in [0.4, 0.5) is 8.78 Å². The smallest absolute Gasteiger partial charge is 0.269 e. The maximum absolute atomic E-state index is 13.6. The van der Waals surface area contributed by atoms with Gasteiger partial charge in [-0.25, -0.2) is 0 Å². The molecule has 1 heterocycles. The van der Waals surface area contributed by atoms with Gasteiger partial charge in [-0.15, -0.1) is 0 Å². The Kier molecular flexibility index (Phi) is 9.72. The Balaban J connectivity index is 1.86. The summed E-state index contributed by atoms with van der Waals surface area (Å²) < 4.78 is 34.8. The first-order valence-electron chi connectivity index (χ1n) is 12.8. The highest BCUT2D eigenvalue weighted by Gasteiger charge is 2.49. The van der Waals surface area contributed by atoms with Crippen LogP contribution in [-0.2, 0) is 5.41 Å². The fraction of sp³-hybridized carbons (Fsp3) is 0.704. The van der Waals surface area contributed by atoms with E-state index in [0.29, 0.717) is 30.7 Å². The Bertz CT molecular complexity index is 973. The zero-order chi connectivity index (χ0) is 25.6. The van der Waals surface area contributed by atoms with Gasteiger partial charge in [-0.3, -0.25) is 0 Å². The van der Waals surface area contributed by atoms with E-state index in [-0.39, 0.29) is 35.0 Å². The molecule has 8 heteroatoms. The summed E-state index contributed by atoms with van der Waals surface area (Å²) in [6, 6.07) is 3.89. The summed E-state index contributed by atoms with van der Waals surface area (Å²) in [6.45, 7) is 7.02. The monoisotopic (exact) mass is 601 g/mol. The minimum Gasteiger partial charge on any atom is -0.508 e. The van der Waals surface area contributed by atoms with Gasteiger partial charge in [0.05, 0.1) is 0 Å². The van der Waals surface area contributed by atoms with Gasteiger partial charge >= 0.3 is 0 Å². The predicted octanol–water partition coefficient (Wildman–Crippen LogP) is 9.33. The molecule has 1 N–H and O–H groups in total. The van der Waals surface area contributed by atoms with Crippen LogP contribution in [-0.4, -0.2) is 21.7 Å². The molecule has 194 valence electrons. The normalized spacial score (nSPS) is 23.7. The topological polar surface area (TPSA) is 78.2 Å². The molecular weight excluding hydrogens is 563 g/mol. The lowest BCUT2D eigenvalue weighted by molar-refractivity contribution is -0.0242. The molecule has 0 aromatic heterocycles. The summed E-state index contributed by atoms with van der Waals surface area (Å²) in [6.07, 6.45) is 6.60. The van der Waals surface area contributed by atoms with Crippen molar-refractivity contribution in [1.29, 1.82) is 0 Å². The number of nitrogens with zero attached hydrogens (tertiary/aromatic N) is 3. The Labute approximate surface area is 221 Å². The summed E-state index contributed by atoms with van der Waals surface area (Å²) in [4.78, 5) is 2.79. The van der Waals surface area contributed by atoms with Gasteiger partial charge in [-0.1, -0.05) is 60.8 Å². The molecule has 3 atom stereocenters. The number of hydrogen-bond donors (Lipinski definition) is 1. The summed E-state index contributed by atoms with van der Waals surface area (Å²) in [5.74, 6) is 0.791. The first-order valence-corrected chi connectivity index (χ1v) is 14.3. The third-order valence-corrected chi connectivity index (χ3v) is 8.82. The zero-order valence-corrected chi connectivity index (χ0v) is 23.3. The van der Waals surface area contributed by atoms with Crippen molar-refractivity contribution in [2.75, 3.05) is 11.0 Å². The van der Waals surface area contributed by atoms with Gasteiger partial charge in [0.2, 0.25) is 0 Å². The fourth-order valence-electron chi connectivity index (χ4n) is 5.98. The van der Waals surface area contributed by atoms with Crippen LogP contribution in [0.5, 0.6) is 11.5 Å². The second-order valence-electron chi connectivity index (χ2n) is 10.9. The van der Waals surface area contributed by atoms with E-state index < -0.39 is 11.7 Å². The van der Waals surface area contributed by atoms with Crippen molar-refractivity contribution < 1.29 is 18.6 Å². The second kappa shape index (κ2) is 12.1. The predicted molar refractivity (Wildman–Crippen MR) is 145 cm³/mol. The molecule has 1 aliphatic heterocycles. The van der Waals surface area contributed by atoms with Crippen molar-refractivity contribution in [1.82, 2.24) is 0 Å². The Hall–Kier alpha value is -1.54. The highest BCUT2D eigenvalue weighted by molar-refractivity contribution is 14.1. The third kappa shape index (κ3) is 6.62. The minimum absolute atomic E-state index is 0.108. The number of azide groups is 1. The van der Waals surface area contributed by atoms with Crippen LogP contribution in [0.15, 0.2) is 28.9 Å². The maximum atomic E-state index is 13.6. The van der Waals surface area contributed by atoms with Crippen molar-refractivity contribution >= 4 is 22.6 Å². The molecule has 1 aromatic rings. The Morgan fingerprint density at radius 2 is 2.00 bits per heavy atom. The van der Waals surface area contributed by atoms with Gasteiger partial charge in [0.1, 0.15) is 17.1 Å². The van der Waals surface area contributed by atoms with Crippen molar-refractivity contribution in [3.8, 4) is 11.5 Å². The van der Waals surface area contributed by atoms with Crippen LogP contribution in [0.2, 0.25) is 0 Å². The van der Waals surface area contributed by atoms with Gasteiger partial charge in [0.15, 0.2) is 0 Å².